The molecule has 1 unspecified atom stereocenters. The Morgan fingerprint density at radius 1 is 1.11 bits per heavy atom. The molecule has 0 aromatic rings. The molecule has 4 aliphatic carbocycles. The van der Waals surface area contributed by atoms with E-state index in [1.54, 1.807) is 5.57 Å². The molecule has 0 bridgehead atoms. The molecule has 2 heteroatoms. The second-order valence-corrected chi connectivity index (χ2v) is 10.4. The minimum Gasteiger partial charge on any atom is -0.492 e. The standard InChI is InChI=1S/C25H36O2/c1-5-26-19-9-12-23(3)18(16-19)6-7-20-21(23)10-13-24(4)22(20)11-15-25(24)14-8-17(2)27-25/h6-7,16,19-22H,2,5,8-15H2,1,3-4H3/t19?,20-,21+,22+,23+,24+,25-/m1/s1. The Labute approximate surface area is 165 Å². The van der Waals surface area contributed by atoms with E-state index >= 15 is 0 Å². The zero-order chi connectivity index (χ0) is 18.9. The minimum atomic E-state index is 0.0806. The number of hydrogen-bond acceptors (Lipinski definition) is 2. The Hall–Kier alpha value is -1.02. The van der Waals surface area contributed by atoms with Crippen molar-refractivity contribution in [3.63, 3.8) is 0 Å². The molecule has 0 aromatic carbocycles. The van der Waals surface area contributed by atoms with Gasteiger partial charge in [0.15, 0.2) is 0 Å². The SMILES string of the molecule is C=C1CC[C@]2(CC[C@H]3[C@@H]4C=CC5=CC(OCC)CC[C@]5(C)[C@H]4CC[C@@]32C)O1. The molecule has 0 aromatic heterocycles. The predicted octanol–water partition coefficient (Wildman–Crippen LogP) is 6.19. The van der Waals surface area contributed by atoms with Gasteiger partial charge in [-0.1, -0.05) is 38.7 Å². The zero-order valence-corrected chi connectivity index (χ0v) is 17.4. The van der Waals surface area contributed by atoms with Crippen molar-refractivity contribution in [3.05, 3.63) is 36.1 Å². The van der Waals surface area contributed by atoms with Crippen molar-refractivity contribution < 1.29 is 9.47 Å². The monoisotopic (exact) mass is 368 g/mol. The summed E-state index contributed by atoms with van der Waals surface area (Å²) in [6.07, 6.45) is 17.7. The summed E-state index contributed by atoms with van der Waals surface area (Å²) < 4.78 is 12.4. The van der Waals surface area contributed by atoms with E-state index < -0.39 is 0 Å². The van der Waals surface area contributed by atoms with E-state index in [1.165, 1.54) is 44.9 Å². The van der Waals surface area contributed by atoms with Crippen LogP contribution in [0, 0.1) is 28.6 Å². The predicted molar refractivity (Wildman–Crippen MR) is 109 cm³/mol. The lowest BCUT2D eigenvalue weighted by Gasteiger charge is -2.57. The Balaban J connectivity index is 1.47. The van der Waals surface area contributed by atoms with Crippen LogP contribution < -0.4 is 0 Å². The lowest BCUT2D eigenvalue weighted by Crippen LogP contribution is -2.53. The number of hydrogen-bond donors (Lipinski definition) is 0. The van der Waals surface area contributed by atoms with Crippen LogP contribution in [0.4, 0.5) is 0 Å². The van der Waals surface area contributed by atoms with Crippen LogP contribution in [0.5, 0.6) is 0 Å². The summed E-state index contributed by atoms with van der Waals surface area (Å²) in [5, 5.41) is 0. The zero-order valence-electron chi connectivity index (χ0n) is 17.4. The van der Waals surface area contributed by atoms with Gasteiger partial charge in [-0.25, -0.2) is 0 Å². The fourth-order valence-electron chi connectivity index (χ4n) is 7.86. The van der Waals surface area contributed by atoms with Gasteiger partial charge in [-0.3, -0.25) is 0 Å². The molecule has 3 fully saturated rings. The van der Waals surface area contributed by atoms with E-state index in [2.05, 4.69) is 45.6 Å². The van der Waals surface area contributed by atoms with Crippen molar-refractivity contribution in [3.8, 4) is 0 Å². The third-order valence-corrected chi connectivity index (χ3v) is 9.44. The molecule has 1 spiro atoms. The van der Waals surface area contributed by atoms with E-state index in [1.807, 2.05) is 0 Å². The molecule has 2 saturated carbocycles. The molecule has 2 nitrogen and oxygen atoms in total. The van der Waals surface area contributed by atoms with E-state index in [9.17, 15) is 0 Å². The maximum Gasteiger partial charge on any atom is 0.115 e. The highest BCUT2D eigenvalue weighted by atomic mass is 16.5. The third-order valence-electron chi connectivity index (χ3n) is 9.44. The second-order valence-electron chi connectivity index (χ2n) is 10.4. The van der Waals surface area contributed by atoms with Crippen LogP contribution in [0.25, 0.3) is 0 Å². The highest BCUT2D eigenvalue weighted by Crippen LogP contribution is 2.69. The lowest BCUT2D eigenvalue weighted by atomic mass is 9.48. The summed E-state index contributed by atoms with van der Waals surface area (Å²) in [6.45, 7) is 12.2. The third kappa shape index (κ3) is 2.35. The molecule has 1 saturated heterocycles. The van der Waals surface area contributed by atoms with Gasteiger partial charge in [0.05, 0.1) is 11.9 Å². The molecule has 5 aliphatic rings. The Morgan fingerprint density at radius 3 is 2.67 bits per heavy atom. The molecule has 7 atom stereocenters. The van der Waals surface area contributed by atoms with E-state index in [4.69, 9.17) is 9.47 Å². The van der Waals surface area contributed by atoms with Gasteiger partial charge >= 0.3 is 0 Å². The van der Waals surface area contributed by atoms with Gasteiger partial charge in [0.2, 0.25) is 0 Å². The van der Waals surface area contributed by atoms with Gasteiger partial charge in [0.1, 0.15) is 5.60 Å². The van der Waals surface area contributed by atoms with Crippen LogP contribution in [0.1, 0.15) is 72.1 Å². The molecule has 5 rings (SSSR count). The van der Waals surface area contributed by atoms with Crippen molar-refractivity contribution in [1.29, 1.82) is 0 Å². The average molecular weight is 369 g/mol. The summed E-state index contributed by atoms with van der Waals surface area (Å²) in [7, 11) is 0. The number of rotatable bonds is 2. The first-order valence-corrected chi connectivity index (χ1v) is 11.3. The average Bonchev–Trinajstić information content (AvgIpc) is 3.16. The second kappa shape index (κ2) is 5.99. The quantitative estimate of drug-likeness (QED) is 0.578. The van der Waals surface area contributed by atoms with Crippen molar-refractivity contribution in [2.24, 2.45) is 28.6 Å². The van der Waals surface area contributed by atoms with Crippen LogP contribution in [-0.4, -0.2) is 18.3 Å². The van der Waals surface area contributed by atoms with Crippen LogP contribution in [-0.2, 0) is 9.47 Å². The first-order valence-electron chi connectivity index (χ1n) is 11.3. The van der Waals surface area contributed by atoms with Crippen LogP contribution in [0.15, 0.2) is 36.1 Å². The molecule has 27 heavy (non-hydrogen) atoms. The maximum absolute atomic E-state index is 6.49. The molecule has 0 amide bonds. The first-order chi connectivity index (χ1) is 12.9. The van der Waals surface area contributed by atoms with Gasteiger partial charge in [0.25, 0.3) is 0 Å². The molecular formula is C25H36O2. The van der Waals surface area contributed by atoms with E-state index in [0.29, 0.717) is 22.9 Å². The first kappa shape index (κ1) is 18.0. The highest BCUT2D eigenvalue weighted by molar-refractivity contribution is 5.37. The highest BCUT2D eigenvalue weighted by Gasteiger charge is 2.65. The smallest absolute Gasteiger partial charge is 0.115 e. The van der Waals surface area contributed by atoms with Gasteiger partial charge < -0.3 is 9.47 Å². The van der Waals surface area contributed by atoms with Crippen molar-refractivity contribution in [2.45, 2.75) is 83.8 Å². The van der Waals surface area contributed by atoms with Gasteiger partial charge in [-0.05, 0) is 80.6 Å². The van der Waals surface area contributed by atoms with Gasteiger partial charge in [-0.2, -0.15) is 0 Å². The molecule has 148 valence electrons. The Bertz CT molecular complexity index is 705. The van der Waals surface area contributed by atoms with Gasteiger partial charge in [-0.15, -0.1) is 0 Å². The fraction of sp³-hybridized carbons (Fsp3) is 0.760. The maximum atomic E-state index is 6.49. The molecular weight excluding hydrogens is 332 g/mol. The van der Waals surface area contributed by atoms with Crippen LogP contribution in [0.3, 0.4) is 0 Å². The van der Waals surface area contributed by atoms with Crippen LogP contribution >= 0.6 is 0 Å². The van der Waals surface area contributed by atoms with Crippen molar-refractivity contribution in [2.75, 3.05) is 6.61 Å². The lowest BCUT2D eigenvalue weighted by molar-refractivity contribution is -0.109. The Kier molecular flexibility index (Phi) is 4.00. The number of ether oxygens (including phenoxy) is 2. The molecule has 0 radical (unpaired) electrons. The summed E-state index contributed by atoms with van der Waals surface area (Å²) in [6, 6.07) is 0. The fourth-order valence-corrected chi connectivity index (χ4v) is 7.86. The normalized spacial score (nSPS) is 50.8. The van der Waals surface area contributed by atoms with E-state index in [-0.39, 0.29) is 5.60 Å². The molecule has 0 N–H and O–H groups in total. The molecule has 1 aliphatic heterocycles. The number of allylic oxidation sites excluding steroid dienone is 4. The Morgan fingerprint density at radius 2 is 1.93 bits per heavy atom. The topological polar surface area (TPSA) is 18.5 Å². The number of fused-ring (bicyclic) bond motifs is 6. The van der Waals surface area contributed by atoms with Crippen LogP contribution in [0.2, 0.25) is 0 Å². The van der Waals surface area contributed by atoms with Crippen molar-refractivity contribution >= 4 is 0 Å². The summed E-state index contributed by atoms with van der Waals surface area (Å²) >= 11 is 0. The van der Waals surface area contributed by atoms with Crippen molar-refractivity contribution in [1.82, 2.24) is 0 Å². The summed E-state index contributed by atoms with van der Waals surface area (Å²) in [4.78, 5) is 0. The largest absolute Gasteiger partial charge is 0.492 e. The minimum absolute atomic E-state index is 0.0806. The summed E-state index contributed by atoms with van der Waals surface area (Å²) in [5.41, 5.74) is 2.29. The van der Waals surface area contributed by atoms with Gasteiger partial charge in [0, 0.05) is 18.4 Å². The molecule has 1 heterocycles. The van der Waals surface area contributed by atoms with E-state index in [0.717, 1.165) is 30.6 Å². The summed E-state index contributed by atoms with van der Waals surface area (Å²) in [5.74, 6) is 3.30.